The van der Waals surface area contributed by atoms with E-state index in [4.69, 9.17) is 13.9 Å². The van der Waals surface area contributed by atoms with Crippen LogP contribution in [0.2, 0.25) is 0 Å². The molecule has 1 aromatic heterocycles. The highest BCUT2D eigenvalue weighted by Crippen LogP contribution is 2.23. The van der Waals surface area contributed by atoms with E-state index in [2.05, 4.69) is 24.0 Å². The molecule has 0 saturated heterocycles. The maximum absolute atomic E-state index is 5.94. The van der Waals surface area contributed by atoms with Crippen LogP contribution >= 0.6 is 11.8 Å². The van der Waals surface area contributed by atoms with Gasteiger partial charge in [0.15, 0.2) is 0 Å². The number of aromatic nitrogens is 1. The zero-order valence-corrected chi connectivity index (χ0v) is 18.2. The van der Waals surface area contributed by atoms with Crippen LogP contribution in [0.15, 0.2) is 59.0 Å². The Morgan fingerprint density at radius 1 is 1.03 bits per heavy atom. The lowest BCUT2D eigenvalue weighted by Crippen LogP contribution is -2.15. The van der Waals surface area contributed by atoms with Gasteiger partial charge >= 0.3 is 0 Å². The lowest BCUT2D eigenvalue weighted by molar-refractivity contribution is 0.148. The van der Waals surface area contributed by atoms with Crippen LogP contribution in [0.25, 0.3) is 11.5 Å². The zero-order chi connectivity index (χ0) is 20.5. The minimum absolute atomic E-state index is 0.389. The normalized spacial score (nSPS) is 12.1. The SMILES string of the molecule is CCOC[C@H](Cc1ccc(OCc2nc(-c3ccccc3)oc2C)cc1)SCC. The summed E-state index contributed by atoms with van der Waals surface area (Å²) in [5.41, 5.74) is 3.09. The first-order valence-corrected chi connectivity index (χ1v) is 11.2. The predicted molar refractivity (Wildman–Crippen MR) is 120 cm³/mol. The van der Waals surface area contributed by atoms with E-state index in [1.54, 1.807) is 0 Å². The average Bonchev–Trinajstić information content (AvgIpc) is 3.13. The molecule has 3 aromatic rings. The topological polar surface area (TPSA) is 44.5 Å². The molecule has 0 aliphatic heterocycles. The number of nitrogens with zero attached hydrogens (tertiary/aromatic N) is 1. The fraction of sp³-hybridized carbons (Fsp3) is 0.375. The van der Waals surface area contributed by atoms with Crippen molar-refractivity contribution in [2.24, 2.45) is 0 Å². The molecule has 154 valence electrons. The van der Waals surface area contributed by atoms with Gasteiger partial charge in [0.2, 0.25) is 5.89 Å². The van der Waals surface area contributed by atoms with Crippen molar-refractivity contribution in [3.05, 3.63) is 71.6 Å². The van der Waals surface area contributed by atoms with Crippen molar-refractivity contribution in [2.75, 3.05) is 19.0 Å². The number of rotatable bonds is 11. The van der Waals surface area contributed by atoms with Gasteiger partial charge in [-0.15, -0.1) is 0 Å². The lowest BCUT2D eigenvalue weighted by atomic mass is 10.1. The van der Waals surface area contributed by atoms with E-state index in [1.165, 1.54) is 5.56 Å². The summed E-state index contributed by atoms with van der Waals surface area (Å²) in [5, 5.41) is 0.487. The third-order valence-corrected chi connectivity index (χ3v) is 5.69. The summed E-state index contributed by atoms with van der Waals surface area (Å²) in [6, 6.07) is 18.2. The Balaban J connectivity index is 1.57. The minimum atomic E-state index is 0.389. The molecule has 0 aliphatic rings. The van der Waals surface area contributed by atoms with E-state index in [9.17, 15) is 0 Å². The van der Waals surface area contributed by atoms with Gasteiger partial charge in [0.1, 0.15) is 23.8 Å². The summed E-state index contributed by atoms with van der Waals surface area (Å²) in [5.74, 6) is 3.35. The highest BCUT2D eigenvalue weighted by atomic mass is 32.2. The van der Waals surface area contributed by atoms with Crippen LogP contribution in [-0.2, 0) is 17.8 Å². The summed E-state index contributed by atoms with van der Waals surface area (Å²) in [4.78, 5) is 4.59. The fourth-order valence-electron chi connectivity index (χ4n) is 3.05. The van der Waals surface area contributed by atoms with Crippen molar-refractivity contribution >= 4 is 11.8 Å². The number of ether oxygens (including phenoxy) is 2. The largest absolute Gasteiger partial charge is 0.487 e. The molecule has 5 heteroatoms. The summed E-state index contributed by atoms with van der Waals surface area (Å²) < 4.78 is 17.4. The van der Waals surface area contributed by atoms with Crippen LogP contribution < -0.4 is 4.74 Å². The van der Waals surface area contributed by atoms with Gasteiger partial charge in [-0.2, -0.15) is 11.8 Å². The number of thioether (sulfide) groups is 1. The van der Waals surface area contributed by atoms with Crippen molar-refractivity contribution in [2.45, 2.75) is 39.0 Å². The Morgan fingerprint density at radius 2 is 1.79 bits per heavy atom. The second-order valence-electron chi connectivity index (χ2n) is 6.76. The standard InChI is InChI=1S/C24H29NO3S/c1-4-26-16-22(29-5-2)15-19-11-13-21(14-12-19)27-17-23-18(3)28-24(25-23)20-9-7-6-8-10-20/h6-14,22H,4-5,15-17H2,1-3H3/t22-/m0/s1. The number of hydrogen-bond donors (Lipinski definition) is 0. The molecule has 4 nitrogen and oxygen atoms in total. The van der Waals surface area contributed by atoms with Crippen LogP contribution in [-0.4, -0.2) is 29.2 Å². The van der Waals surface area contributed by atoms with Crippen LogP contribution in [0.1, 0.15) is 30.9 Å². The first-order chi connectivity index (χ1) is 14.2. The average molecular weight is 412 g/mol. The van der Waals surface area contributed by atoms with Crippen LogP contribution in [0.4, 0.5) is 0 Å². The highest BCUT2D eigenvalue weighted by Gasteiger charge is 2.13. The molecule has 0 bridgehead atoms. The van der Waals surface area contributed by atoms with E-state index in [-0.39, 0.29) is 0 Å². The third kappa shape index (κ3) is 6.38. The molecular formula is C24H29NO3S. The van der Waals surface area contributed by atoms with Gasteiger partial charge in [-0.25, -0.2) is 4.98 Å². The molecule has 1 atom stereocenters. The molecule has 2 aromatic carbocycles. The molecule has 3 rings (SSSR count). The summed E-state index contributed by atoms with van der Waals surface area (Å²) in [6.45, 7) is 8.10. The highest BCUT2D eigenvalue weighted by molar-refractivity contribution is 7.99. The summed E-state index contributed by atoms with van der Waals surface area (Å²) in [6.07, 6.45) is 1.00. The Hall–Kier alpha value is -2.24. The Bertz CT molecular complexity index is 862. The van der Waals surface area contributed by atoms with Crippen LogP contribution in [0.3, 0.4) is 0 Å². The molecule has 0 aliphatic carbocycles. The Labute approximate surface area is 177 Å². The van der Waals surface area contributed by atoms with Gasteiger partial charge < -0.3 is 13.9 Å². The van der Waals surface area contributed by atoms with E-state index in [0.29, 0.717) is 17.7 Å². The number of hydrogen-bond acceptors (Lipinski definition) is 5. The fourth-order valence-corrected chi connectivity index (χ4v) is 4.03. The van der Waals surface area contributed by atoms with Crippen molar-refractivity contribution in [3.8, 4) is 17.2 Å². The van der Waals surface area contributed by atoms with Crippen molar-refractivity contribution < 1.29 is 13.9 Å². The van der Waals surface area contributed by atoms with E-state index in [0.717, 1.165) is 48.2 Å². The quantitative estimate of drug-likeness (QED) is 0.391. The minimum Gasteiger partial charge on any atom is -0.487 e. The molecular weight excluding hydrogens is 382 g/mol. The zero-order valence-electron chi connectivity index (χ0n) is 17.4. The monoisotopic (exact) mass is 411 g/mol. The maximum Gasteiger partial charge on any atom is 0.226 e. The van der Waals surface area contributed by atoms with Crippen molar-refractivity contribution in [1.29, 1.82) is 0 Å². The van der Waals surface area contributed by atoms with Gasteiger partial charge in [-0.05, 0) is 55.9 Å². The first kappa shape index (κ1) is 21.5. The van der Waals surface area contributed by atoms with Gasteiger partial charge in [0, 0.05) is 17.4 Å². The third-order valence-electron chi connectivity index (χ3n) is 4.59. The summed E-state index contributed by atoms with van der Waals surface area (Å²) in [7, 11) is 0. The number of benzene rings is 2. The smallest absolute Gasteiger partial charge is 0.226 e. The molecule has 29 heavy (non-hydrogen) atoms. The van der Waals surface area contributed by atoms with Crippen molar-refractivity contribution in [1.82, 2.24) is 4.98 Å². The number of aryl methyl sites for hydroxylation is 1. The molecule has 0 fully saturated rings. The lowest BCUT2D eigenvalue weighted by Gasteiger charge is -2.16. The first-order valence-electron chi connectivity index (χ1n) is 10.1. The predicted octanol–water partition coefficient (Wildman–Crippen LogP) is 5.93. The van der Waals surface area contributed by atoms with E-state index < -0.39 is 0 Å². The van der Waals surface area contributed by atoms with Crippen molar-refractivity contribution in [3.63, 3.8) is 0 Å². The van der Waals surface area contributed by atoms with E-state index in [1.807, 2.05) is 68.1 Å². The molecule has 0 spiro atoms. The molecule has 0 unspecified atom stereocenters. The maximum atomic E-state index is 5.94. The number of oxazole rings is 1. The van der Waals surface area contributed by atoms with Crippen LogP contribution in [0.5, 0.6) is 5.75 Å². The molecule has 0 amide bonds. The molecule has 0 saturated carbocycles. The summed E-state index contributed by atoms with van der Waals surface area (Å²) >= 11 is 1.95. The van der Waals surface area contributed by atoms with Gasteiger partial charge in [0.25, 0.3) is 0 Å². The van der Waals surface area contributed by atoms with E-state index >= 15 is 0 Å². The second kappa shape index (κ2) is 11.1. The Kier molecular flexibility index (Phi) is 8.20. The van der Waals surface area contributed by atoms with Crippen LogP contribution in [0, 0.1) is 6.92 Å². The van der Waals surface area contributed by atoms with Gasteiger partial charge in [0.05, 0.1) is 6.61 Å². The van der Waals surface area contributed by atoms with Gasteiger partial charge in [-0.3, -0.25) is 0 Å². The Morgan fingerprint density at radius 3 is 2.48 bits per heavy atom. The second-order valence-corrected chi connectivity index (χ2v) is 8.34. The molecule has 0 N–H and O–H groups in total. The molecule has 0 radical (unpaired) electrons. The molecule has 1 heterocycles. The van der Waals surface area contributed by atoms with Gasteiger partial charge in [-0.1, -0.05) is 37.3 Å².